The van der Waals surface area contributed by atoms with E-state index < -0.39 is 11.9 Å². The molecule has 1 fully saturated rings. The molecule has 1 amide bonds. The Bertz CT molecular complexity index is 1140. The first-order chi connectivity index (χ1) is 14.4. The number of nitrogens with zero attached hydrogens (tertiary/aromatic N) is 2. The molecule has 0 atom stereocenters. The van der Waals surface area contributed by atoms with Crippen LogP contribution in [0.4, 0.5) is 11.5 Å². The molecule has 6 N–H and O–H groups in total. The van der Waals surface area contributed by atoms with Gasteiger partial charge in [0.05, 0.1) is 18.4 Å². The lowest BCUT2D eigenvalue weighted by molar-refractivity contribution is 0.0600. The van der Waals surface area contributed by atoms with E-state index in [1.165, 1.54) is 18.4 Å². The van der Waals surface area contributed by atoms with Gasteiger partial charge in [0.1, 0.15) is 15.5 Å². The van der Waals surface area contributed by atoms with Gasteiger partial charge in [-0.2, -0.15) is 0 Å². The van der Waals surface area contributed by atoms with Crippen molar-refractivity contribution in [1.29, 1.82) is 0 Å². The number of benzene rings is 1. The molecule has 0 radical (unpaired) electrons. The molecule has 156 valence electrons. The largest absolute Gasteiger partial charge is 0.465 e. The van der Waals surface area contributed by atoms with Gasteiger partial charge in [0.25, 0.3) is 5.91 Å². The van der Waals surface area contributed by atoms with Crippen LogP contribution in [0.25, 0.3) is 21.3 Å². The molecular formula is C21H23N5O3S. The summed E-state index contributed by atoms with van der Waals surface area (Å²) < 4.78 is 4.85. The minimum Gasteiger partial charge on any atom is -0.465 e. The molecule has 1 aromatic carbocycles. The number of carbonyl (C=O) groups is 2. The van der Waals surface area contributed by atoms with Gasteiger partial charge in [-0.15, -0.1) is 11.3 Å². The van der Waals surface area contributed by atoms with Crippen LogP contribution in [0.2, 0.25) is 0 Å². The number of ether oxygens (including phenoxy) is 1. The Labute approximate surface area is 177 Å². The number of hydrogen-bond acceptors (Lipinski definition) is 8. The first-order valence-corrected chi connectivity index (χ1v) is 10.4. The average molecular weight is 426 g/mol. The van der Waals surface area contributed by atoms with Crippen molar-refractivity contribution in [3.63, 3.8) is 0 Å². The van der Waals surface area contributed by atoms with Crippen molar-refractivity contribution in [3.05, 3.63) is 40.8 Å². The van der Waals surface area contributed by atoms with Crippen molar-refractivity contribution in [3.8, 4) is 11.1 Å². The molecule has 0 unspecified atom stereocenters. The normalized spacial score (nSPS) is 14.8. The number of anilines is 2. The molecule has 1 aliphatic rings. The topological polar surface area (TPSA) is 138 Å². The summed E-state index contributed by atoms with van der Waals surface area (Å²) in [4.78, 5) is 31.8. The number of nitrogens with two attached hydrogens (primary N) is 3. The lowest BCUT2D eigenvalue weighted by Gasteiger charge is -2.31. The van der Waals surface area contributed by atoms with Crippen LogP contribution in [0.1, 0.15) is 32.9 Å². The summed E-state index contributed by atoms with van der Waals surface area (Å²) in [6.45, 7) is 1.59. The monoisotopic (exact) mass is 425 g/mol. The first-order valence-electron chi connectivity index (χ1n) is 9.61. The summed E-state index contributed by atoms with van der Waals surface area (Å²) in [6, 6.07) is 9.25. The fourth-order valence-electron chi connectivity index (χ4n) is 3.74. The quantitative estimate of drug-likeness (QED) is 0.546. The predicted molar refractivity (Wildman–Crippen MR) is 119 cm³/mol. The zero-order valence-electron chi connectivity index (χ0n) is 16.6. The number of esters is 1. The second-order valence-electron chi connectivity index (χ2n) is 7.31. The minimum atomic E-state index is -0.588. The Morgan fingerprint density at radius 3 is 2.63 bits per heavy atom. The molecule has 1 saturated heterocycles. The fraction of sp³-hybridized carbons (Fsp3) is 0.286. The van der Waals surface area contributed by atoms with E-state index >= 15 is 0 Å². The average Bonchev–Trinajstić information content (AvgIpc) is 3.10. The van der Waals surface area contributed by atoms with Crippen LogP contribution in [-0.2, 0) is 4.74 Å². The smallest absolute Gasteiger partial charge is 0.337 e. The van der Waals surface area contributed by atoms with E-state index in [0.29, 0.717) is 21.5 Å². The van der Waals surface area contributed by atoms with E-state index in [-0.39, 0.29) is 10.9 Å². The number of carbonyl (C=O) groups excluding carboxylic acids is 2. The highest BCUT2D eigenvalue weighted by Crippen LogP contribution is 2.41. The molecule has 3 heterocycles. The van der Waals surface area contributed by atoms with Gasteiger partial charge in [-0.1, -0.05) is 12.1 Å². The van der Waals surface area contributed by atoms with E-state index in [4.69, 9.17) is 26.9 Å². The van der Waals surface area contributed by atoms with Gasteiger partial charge in [-0.3, -0.25) is 4.79 Å². The van der Waals surface area contributed by atoms with Crippen LogP contribution in [-0.4, -0.2) is 43.1 Å². The van der Waals surface area contributed by atoms with Crippen molar-refractivity contribution < 1.29 is 14.3 Å². The van der Waals surface area contributed by atoms with Crippen LogP contribution < -0.4 is 22.1 Å². The SMILES string of the molecule is COC(=O)c1cccc(-c2cc(N3CCC(N)CC3)nc3sc(C(N)=O)c(N)c23)c1. The third-order valence-corrected chi connectivity index (χ3v) is 6.48. The van der Waals surface area contributed by atoms with Crippen molar-refractivity contribution >= 4 is 44.9 Å². The number of pyridine rings is 1. The maximum Gasteiger partial charge on any atom is 0.337 e. The molecule has 1 aliphatic heterocycles. The fourth-order valence-corrected chi connectivity index (χ4v) is 4.71. The minimum absolute atomic E-state index is 0.194. The molecule has 2 aromatic heterocycles. The summed E-state index contributed by atoms with van der Waals surface area (Å²) >= 11 is 1.18. The maximum absolute atomic E-state index is 12.0. The predicted octanol–water partition coefficient (Wildman–Crippen LogP) is 2.36. The number of primary amides is 1. The molecule has 4 rings (SSSR count). The summed E-state index contributed by atoms with van der Waals surface area (Å²) in [6.07, 6.45) is 1.76. The van der Waals surface area contributed by atoms with Gasteiger partial charge in [-0.25, -0.2) is 9.78 Å². The molecule has 0 bridgehead atoms. The third-order valence-electron chi connectivity index (χ3n) is 5.37. The highest BCUT2D eigenvalue weighted by molar-refractivity contribution is 7.21. The van der Waals surface area contributed by atoms with Gasteiger partial charge >= 0.3 is 5.97 Å². The Morgan fingerprint density at radius 1 is 1.23 bits per heavy atom. The van der Waals surface area contributed by atoms with Gasteiger partial charge in [0, 0.05) is 24.5 Å². The second kappa shape index (κ2) is 7.92. The van der Waals surface area contributed by atoms with E-state index in [9.17, 15) is 9.59 Å². The van der Waals surface area contributed by atoms with Gasteiger partial charge in [-0.05, 0) is 42.2 Å². The van der Waals surface area contributed by atoms with E-state index in [1.807, 2.05) is 12.1 Å². The van der Waals surface area contributed by atoms with Gasteiger partial charge < -0.3 is 26.8 Å². The summed E-state index contributed by atoms with van der Waals surface area (Å²) in [7, 11) is 1.34. The van der Waals surface area contributed by atoms with Gasteiger partial charge in [0.2, 0.25) is 0 Å². The number of piperidine rings is 1. The Balaban J connectivity index is 1.92. The van der Waals surface area contributed by atoms with Gasteiger partial charge in [0.15, 0.2) is 0 Å². The summed E-state index contributed by atoms with van der Waals surface area (Å²) in [5.41, 5.74) is 20.2. The lowest BCUT2D eigenvalue weighted by Crippen LogP contribution is -2.40. The standard InChI is InChI=1S/C21H23N5O3S/c1-29-21(28)12-4-2-3-11(9-12)14-10-15(26-7-5-13(22)6-8-26)25-20-16(14)17(23)18(30-20)19(24)27/h2-4,9-10,13H,5-8,22-23H2,1H3,(H2,24,27). The number of hydrogen-bond donors (Lipinski definition) is 3. The van der Waals surface area contributed by atoms with Crippen LogP contribution in [0, 0.1) is 0 Å². The number of methoxy groups -OCH3 is 1. The maximum atomic E-state index is 12.0. The van der Waals surface area contributed by atoms with E-state index in [2.05, 4.69) is 4.90 Å². The lowest BCUT2D eigenvalue weighted by atomic mass is 9.99. The van der Waals surface area contributed by atoms with Crippen molar-refractivity contribution in [2.45, 2.75) is 18.9 Å². The molecule has 0 saturated carbocycles. The highest BCUT2D eigenvalue weighted by Gasteiger charge is 2.23. The first kappa shape index (κ1) is 20.1. The third kappa shape index (κ3) is 3.57. The molecule has 30 heavy (non-hydrogen) atoms. The molecule has 8 nitrogen and oxygen atoms in total. The number of rotatable bonds is 4. The van der Waals surface area contributed by atoms with Crippen LogP contribution >= 0.6 is 11.3 Å². The van der Waals surface area contributed by atoms with E-state index in [1.54, 1.807) is 18.2 Å². The Morgan fingerprint density at radius 2 is 1.97 bits per heavy atom. The Hall–Kier alpha value is -3.17. The zero-order valence-corrected chi connectivity index (χ0v) is 17.4. The molecular weight excluding hydrogens is 402 g/mol. The molecule has 0 aliphatic carbocycles. The second-order valence-corrected chi connectivity index (χ2v) is 8.31. The van der Waals surface area contributed by atoms with E-state index in [0.717, 1.165) is 42.9 Å². The highest BCUT2D eigenvalue weighted by atomic mass is 32.1. The number of fused-ring (bicyclic) bond motifs is 1. The van der Waals surface area contributed by atoms with Crippen LogP contribution in [0.3, 0.4) is 0 Å². The van der Waals surface area contributed by atoms with Crippen molar-refractivity contribution in [2.75, 3.05) is 30.8 Å². The molecule has 3 aromatic rings. The van der Waals surface area contributed by atoms with Crippen molar-refractivity contribution in [2.24, 2.45) is 11.5 Å². The Kier molecular flexibility index (Phi) is 5.31. The summed E-state index contributed by atoms with van der Waals surface area (Å²) in [5.74, 6) is -0.232. The zero-order chi connectivity index (χ0) is 21.4. The number of aromatic nitrogens is 1. The number of thiophene rings is 1. The van der Waals surface area contributed by atoms with Crippen LogP contribution in [0.15, 0.2) is 30.3 Å². The summed E-state index contributed by atoms with van der Waals surface area (Å²) in [5, 5.41) is 0.660. The molecule has 9 heteroatoms. The number of amides is 1. The van der Waals surface area contributed by atoms with Crippen molar-refractivity contribution in [1.82, 2.24) is 4.98 Å². The number of nitrogen functional groups attached to an aromatic ring is 1. The molecule has 0 spiro atoms. The van der Waals surface area contributed by atoms with Crippen LogP contribution in [0.5, 0.6) is 0 Å².